The molecular formula is C14H24N2O2S3. The fourth-order valence-corrected chi connectivity index (χ4v) is 6.26. The predicted octanol–water partition coefficient (Wildman–Crippen LogP) is 2.81. The van der Waals surface area contributed by atoms with Crippen LogP contribution in [0.1, 0.15) is 37.0 Å². The molecule has 120 valence electrons. The molecule has 0 amide bonds. The highest BCUT2D eigenvalue weighted by Gasteiger charge is 2.32. The highest BCUT2D eigenvalue weighted by Crippen LogP contribution is 2.38. The molecule has 1 aliphatic carbocycles. The van der Waals surface area contributed by atoms with Gasteiger partial charge in [-0.15, -0.1) is 11.3 Å². The van der Waals surface area contributed by atoms with Crippen LogP contribution in [0.2, 0.25) is 0 Å². The number of hydrogen-bond acceptors (Lipinski definition) is 5. The van der Waals surface area contributed by atoms with Crippen LogP contribution in [0.15, 0.2) is 16.3 Å². The highest BCUT2D eigenvalue weighted by molar-refractivity contribution is 8.00. The summed E-state index contributed by atoms with van der Waals surface area (Å²) in [5, 5.41) is 3.04. The van der Waals surface area contributed by atoms with E-state index in [1.807, 2.05) is 24.9 Å². The van der Waals surface area contributed by atoms with Gasteiger partial charge in [-0.1, -0.05) is 19.3 Å². The number of rotatable bonds is 7. The molecule has 0 radical (unpaired) electrons. The van der Waals surface area contributed by atoms with E-state index in [1.54, 1.807) is 6.07 Å². The van der Waals surface area contributed by atoms with Crippen molar-refractivity contribution in [3.05, 3.63) is 17.0 Å². The first-order chi connectivity index (χ1) is 10.0. The maximum absolute atomic E-state index is 12.4. The molecule has 0 aliphatic heterocycles. The number of nitrogens with one attached hydrogen (secondary N) is 2. The Morgan fingerprint density at radius 3 is 2.62 bits per heavy atom. The van der Waals surface area contributed by atoms with Gasteiger partial charge in [0.05, 0.1) is 0 Å². The summed E-state index contributed by atoms with van der Waals surface area (Å²) in [6.45, 7) is 1.24. The molecule has 0 unspecified atom stereocenters. The molecule has 0 aromatic carbocycles. The van der Waals surface area contributed by atoms with Gasteiger partial charge in [0.15, 0.2) is 0 Å². The van der Waals surface area contributed by atoms with E-state index in [0.717, 1.165) is 17.7 Å². The fraction of sp³-hybridized carbons (Fsp3) is 0.714. The zero-order chi connectivity index (χ0) is 15.3. The third-order valence-electron chi connectivity index (χ3n) is 4.04. The van der Waals surface area contributed by atoms with Gasteiger partial charge in [-0.25, -0.2) is 13.1 Å². The molecule has 0 atom stereocenters. The Labute approximate surface area is 136 Å². The average molecular weight is 349 g/mol. The summed E-state index contributed by atoms with van der Waals surface area (Å²) in [6.07, 6.45) is 7.98. The molecule has 0 bridgehead atoms. The minimum atomic E-state index is -3.38. The Morgan fingerprint density at radius 2 is 2.00 bits per heavy atom. The zero-order valence-electron chi connectivity index (χ0n) is 12.6. The van der Waals surface area contributed by atoms with E-state index >= 15 is 0 Å². The largest absolute Gasteiger partial charge is 0.315 e. The zero-order valence-corrected chi connectivity index (χ0v) is 15.1. The topological polar surface area (TPSA) is 58.2 Å². The van der Waals surface area contributed by atoms with Crippen molar-refractivity contribution in [1.82, 2.24) is 10.0 Å². The standard InChI is InChI=1S/C14H24N2O2S3/c1-15-10-12-6-7-13(20-12)21(17,18)16-11-14(19-2)8-4-3-5-9-14/h6-7,15-16H,3-5,8-11H2,1-2H3. The molecule has 1 aromatic rings. The first-order valence-corrected chi connectivity index (χ1v) is 10.8. The van der Waals surface area contributed by atoms with Crippen LogP contribution in [0.5, 0.6) is 0 Å². The quantitative estimate of drug-likeness (QED) is 0.795. The molecule has 0 spiro atoms. The average Bonchev–Trinajstić information content (AvgIpc) is 2.96. The maximum atomic E-state index is 12.4. The Hall–Kier alpha value is -0.0800. The molecule has 2 rings (SSSR count). The van der Waals surface area contributed by atoms with Crippen molar-refractivity contribution in [2.45, 2.75) is 47.6 Å². The lowest BCUT2D eigenvalue weighted by Crippen LogP contribution is -2.41. The van der Waals surface area contributed by atoms with Crippen molar-refractivity contribution in [3.8, 4) is 0 Å². The van der Waals surface area contributed by atoms with Crippen LogP contribution in [0.25, 0.3) is 0 Å². The van der Waals surface area contributed by atoms with Crippen molar-refractivity contribution in [3.63, 3.8) is 0 Å². The number of thiophene rings is 1. The molecule has 1 aliphatic rings. The summed E-state index contributed by atoms with van der Waals surface area (Å²) in [7, 11) is -1.52. The minimum Gasteiger partial charge on any atom is -0.315 e. The summed E-state index contributed by atoms with van der Waals surface area (Å²) in [6, 6.07) is 3.58. The summed E-state index contributed by atoms with van der Waals surface area (Å²) < 4.78 is 28.2. The van der Waals surface area contributed by atoms with Crippen molar-refractivity contribution < 1.29 is 8.42 Å². The van der Waals surface area contributed by atoms with Crippen molar-refractivity contribution >= 4 is 33.1 Å². The number of thioether (sulfide) groups is 1. The van der Waals surface area contributed by atoms with E-state index in [4.69, 9.17) is 0 Å². The van der Waals surface area contributed by atoms with E-state index in [9.17, 15) is 8.42 Å². The lowest BCUT2D eigenvalue weighted by Gasteiger charge is -2.35. The number of hydrogen-bond donors (Lipinski definition) is 2. The molecule has 1 fully saturated rings. The van der Waals surface area contributed by atoms with E-state index in [2.05, 4.69) is 16.3 Å². The van der Waals surface area contributed by atoms with Crippen LogP contribution < -0.4 is 10.0 Å². The summed E-state index contributed by atoms with van der Waals surface area (Å²) in [5.74, 6) is 0. The minimum absolute atomic E-state index is 0.0797. The van der Waals surface area contributed by atoms with Gasteiger partial charge >= 0.3 is 0 Å². The molecule has 21 heavy (non-hydrogen) atoms. The van der Waals surface area contributed by atoms with Crippen LogP contribution in [-0.4, -0.2) is 33.0 Å². The monoisotopic (exact) mass is 348 g/mol. The van der Waals surface area contributed by atoms with Gasteiger partial charge in [-0.2, -0.15) is 11.8 Å². The molecule has 2 N–H and O–H groups in total. The van der Waals surface area contributed by atoms with Gasteiger partial charge in [0.2, 0.25) is 10.0 Å². The maximum Gasteiger partial charge on any atom is 0.250 e. The summed E-state index contributed by atoms with van der Waals surface area (Å²) >= 11 is 3.15. The second-order valence-electron chi connectivity index (χ2n) is 5.52. The molecule has 1 saturated carbocycles. The van der Waals surface area contributed by atoms with Gasteiger partial charge < -0.3 is 5.32 Å². The van der Waals surface area contributed by atoms with Gasteiger partial charge in [-0.3, -0.25) is 0 Å². The van der Waals surface area contributed by atoms with Crippen LogP contribution in [-0.2, 0) is 16.6 Å². The van der Waals surface area contributed by atoms with Gasteiger partial charge in [0.1, 0.15) is 4.21 Å². The van der Waals surface area contributed by atoms with Crippen molar-refractivity contribution in [2.75, 3.05) is 19.8 Å². The van der Waals surface area contributed by atoms with Crippen LogP contribution >= 0.6 is 23.1 Å². The van der Waals surface area contributed by atoms with E-state index < -0.39 is 10.0 Å². The van der Waals surface area contributed by atoms with Gasteiger partial charge in [0, 0.05) is 22.7 Å². The van der Waals surface area contributed by atoms with Crippen LogP contribution in [0, 0.1) is 0 Å². The molecule has 7 heteroatoms. The Kier molecular flexibility index (Phi) is 6.14. The fourth-order valence-electron chi connectivity index (χ4n) is 2.72. The SMILES string of the molecule is CNCc1ccc(S(=O)(=O)NCC2(SC)CCCCC2)s1. The second-order valence-corrected chi connectivity index (χ2v) is 9.96. The highest BCUT2D eigenvalue weighted by atomic mass is 32.2. The lowest BCUT2D eigenvalue weighted by atomic mass is 9.88. The molecular weight excluding hydrogens is 324 g/mol. The second kappa shape index (κ2) is 7.46. The Bertz CT molecular complexity index is 548. The van der Waals surface area contributed by atoms with E-state index in [1.165, 1.54) is 30.6 Å². The predicted molar refractivity (Wildman–Crippen MR) is 91.6 cm³/mol. The molecule has 0 saturated heterocycles. The molecule has 1 aromatic heterocycles. The first kappa shape index (κ1) is 17.3. The van der Waals surface area contributed by atoms with Gasteiger partial charge in [0.25, 0.3) is 0 Å². The van der Waals surface area contributed by atoms with Gasteiger partial charge in [-0.05, 0) is 38.3 Å². The third kappa shape index (κ3) is 4.45. The summed E-state index contributed by atoms with van der Waals surface area (Å²) in [4.78, 5) is 1.04. The Morgan fingerprint density at radius 1 is 1.29 bits per heavy atom. The molecule has 1 heterocycles. The van der Waals surface area contributed by atoms with Crippen molar-refractivity contribution in [1.29, 1.82) is 0 Å². The van der Waals surface area contributed by atoms with E-state index in [-0.39, 0.29) is 4.75 Å². The third-order valence-corrected chi connectivity index (χ3v) is 8.43. The van der Waals surface area contributed by atoms with Crippen molar-refractivity contribution in [2.24, 2.45) is 0 Å². The van der Waals surface area contributed by atoms with E-state index in [0.29, 0.717) is 17.3 Å². The lowest BCUT2D eigenvalue weighted by molar-refractivity contribution is 0.395. The summed E-state index contributed by atoms with van der Waals surface area (Å²) in [5.41, 5.74) is 0. The Balaban J connectivity index is 2.02. The normalized spacial score (nSPS) is 18.8. The van der Waals surface area contributed by atoms with Crippen LogP contribution in [0.3, 0.4) is 0 Å². The first-order valence-electron chi connectivity index (χ1n) is 7.29. The van der Waals surface area contributed by atoms with Crippen LogP contribution in [0.4, 0.5) is 0 Å². The molecule has 4 nitrogen and oxygen atoms in total. The number of sulfonamides is 1. The smallest absolute Gasteiger partial charge is 0.250 e.